The van der Waals surface area contributed by atoms with Gasteiger partial charge in [-0.05, 0) is 39.9 Å². The maximum atomic E-state index is 11.7. The highest BCUT2D eigenvalue weighted by atomic mass is 79.9. The summed E-state index contributed by atoms with van der Waals surface area (Å²) in [7, 11) is 0. The largest absolute Gasteiger partial charge is 0.507 e. The number of phenols is 1. The first-order valence-corrected chi connectivity index (χ1v) is 7.72. The summed E-state index contributed by atoms with van der Waals surface area (Å²) in [6, 6.07) is 4.86. The number of carbonyl (C=O) groups excluding carboxylic acids is 1. The molecule has 1 rings (SSSR count). The van der Waals surface area contributed by atoms with Crippen LogP contribution in [0, 0.1) is 0 Å². The van der Waals surface area contributed by atoms with Crippen molar-refractivity contribution in [1.29, 1.82) is 0 Å². The number of phenolic OH excluding ortho intramolecular Hbond substituents is 1. The summed E-state index contributed by atoms with van der Waals surface area (Å²) < 4.78 is 0.532. The van der Waals surface area contributed by atoms with Crippen LogP contribution in [0.2, 0.25) is 0 Å². The van der Waals surface area contributed by atoms with Crippen LogP contribution in [0.3, 0.4) is 0 Å². The third-order valence-corrected chi connectivity index (χ3v) is 3.61. The number of carbonyl (C=O) groups is 1. The summed E-state index contributed by atoms with van der Waals surface area (Å²) in [4.78, 5) is 11.7. The lowest BCUT2D eigenvalue weighted by Gasteiger charge is -2.07. The van der Waals surface area contributed by atoms with Crippen molar-refractivity contribution < 1.29 is 15.1 Å². The van der Waals surface area contributed by atoms with Gasteiger partial charge in [0.2, 0.25) is 0 Å². The van der Waals surface area contributed by atoms with Crippen LogP contribution in [0.4, 0.5) is 0 Å². The molecular formula is C12H15BrN2O3S. The maximum absolute atomic E-state index is 11.7. The molecule has 19 heavy (non-hydrogen) atoms. The molecule has 1 aromatic carbocycles. The number of rotatable bonds is 6. The van der Waals surface area contributed by atoms with Crippen LogP contribution < -0.4 is 5.32 Å². The van der Waals surface area contributed by atoms with Gasteiger partial charge < -0.3 is 15.6 Å². The van der Waals surface area contributed by atoms with Crippen LogP contribution in [-0.2, 0) is 11.2 Å². The summed E-state index contributed by atoms with van der Waals surface area (Å²) in [5.74, 6) is 0.534. The van der Waals surface area contributed by atoms with Crippen molar-refractivity contribution in [2.24, 2.45) is 5.16 Å². The van der Waals surface area contributed by atoms with Gasteiger partial charge in [0.15, 0.2) is 0 Å². The first kappa shape index (κ1) is 15.8. The Hall–Kier alpha value is -1.21. The summed E-state index contributed by atoms with van der Waals surface area (Å²) in [6.45, 7) is 0.526. The molecule has 0 aromatic heterocycles. The van der Waals surface area contributed by atoms with Gasteiger partial charge >= 0.3 is 0 Å². The van der Waals surface area contributed by atoms with Crippen molar-refractivity contribution in [1.82, 2.24) is 5.32 Å². The third-order valence-electron chi connectivity index (χ3n) is 2.36. The lowest BCUT2D eigenvalue weighted by atomic mass is 10.1. The van der Waals surface area contributed by atoms with Crippen molar-refractivity contribution in [3.05, 3.63) is 28.2 Å². The minimum Gasteiger partial charge on any atom is -0.507 e. The summed E-state index contributed by atoms with van der Waals surface area (Å²) in [5.41, 5.74) is 0.802. The fourth-order valence-electron chi connectivity index (χ4n) is 1.38. The third kappa shape index (κ3) is 5.12. The molecule has 0 bridgehead atoms. The number of hydrogen-bond acceptors (Lipinski definition) is 5. The normalized spacial score (nSPS) is 11.4. The fourth-order valence-corrected chi connectivity index (χ4v) is 2.12. The minimum atomic E-state index is -0.388. The molecule has 0 radical (unpaired) electrons. The number of nitrogens with zero attached hydrogens (tertiary/aromatic N) is 1. The molecule has 0 aliphatic rings. The number of amides is 1. The molecule has 0 aliphatic heterocycles. The number of thioether (sulfide) groups is 1. The van der Waals surface area contributed by atoms with Gasteiger partial charge in [-0.15, -0.1) is 0 Å². The molecule has 0 atom stereocenters. The van der Waals surface area contributed by atoms with E-state index in [2.05, 4.69) is 26.4 Å². The topological polar surface area (TPSA) is 81.9 Å². The van der Waals surface area contributed by atoms with Crippen LogP contribution in [0.1, 0.15) is 5.56 Å². The second-order valence-electron chi connectivity index (χ2n) is 3.76. The monoisotopic (exact) mass is 346 g/mol. The Kier molecular flexibility index (Phi) is 6.72. The quantitative estimate of drug-likeness (QED) is 0.318. The standard InChI is InChI=1S/C12H15BrN2O3S/c1-19-5-4-14-12(17)10(15-18)7-8-2-3-11(16)9(13)6-8/h2-3,6,16,18H,4-5,7H2,1H3,(H,14,17)/b15-10+. The Morgan fingerprint density at radius 2 is 2.26 bits per heavy atom. The van der Waals surface area contributed by atoms with E-state index in [1.54, 1.807) is 23.9 Å². The first-order valence-electron chi connectivity index (χ1n) is 5.54. The van der Waals surface area contributed by atoms with E-state index in [1.165, 1.54) is 6.07 Å². The van der Waals surface area contributed by atoms with Crippen molar-refractivity contribution in [2.75, 3.05) is 18.6 Å². The van der Waals surface area contributed by atoms with E-state index in [4.69, 9.17) is 5.21 Å². The van der Waals surface area contributed by atoms with E-state index in [0.29, 0.717) is 11.0 Å². The average Bonchev–Trinajstić information content (AvgIpc) is 2.40. The molecule has 5 nitrogen and oxygen atoms in total. The predicted octanol–water partition coefficient (Wildman–Crippen LogP) is 2.01. The van der Waals surface area contributed by atoms with Gasteiger partial charge in [0.05, 0.1) is 4.47 Å². The number of aromatic hydroxyl groups is 1. The summed E-state index contributed by atoms with van der Waals surface area (Å²) in [6.07, 6.45) is 2.14. The predicted molar refractivity (Wildman–Crippen MR) is 80.1 cm³/mol. The first-order chi connectivity index (χ1) is 9.08. The number of halogens is 1. The molecule has 0 spiro atoms. The molecule has 7 heteroatoms. The Bertz CT molecular complexity index is 480. The van der Waals surface area contributed by atoms with E-state index < -0.39 is 0 Å². The summed E-state index contributed by atoms with van der Waals surface area (Å²) in [5, 5.41) is 24.0. The molecular weight excluding hydrogens is 332 g/mol. The molecule has 1 aromatic rings. The van der Waals surface area contributed by atoms with Crippen LogP contribution >= 0.6 is 27.7 Å². The molecule has 0 unspecified atom stereocenters. The Balaban J connectivity index is 2.66. The lowest BCUT2D eigenvalue weighted by Crippen LogP contribution is -2.33. The van der Waals surface area contributed by atoms with Gasteiger partial charge in [0.25, 0.3) is 5.91 Å². The maximum Gasteiger partial charge on any atom is 0.269 e. The Morgan fingerprint density at radius 3 is 2.84 bits per heavy atom. The van der Waals surface area contributed by atoms with E-state index in [9.17, 15) is 9.90 Å². The van der Waals surface area contributed by atoms with Crippen LogP contribution in [0.5, 0.6) is 5.75 Å². The van der Waals surface area contributed by atoms with Gasteiger partial charge in [0, 0.05) is 18.7 Å². The van der Waals surface area contributed by atoms with E-state index in [0.717, 1.165) is 11.3 Å². The van der Waals surface area contributed by atoms with Crippen LogP contribution in [0.25, 0.3) is 0 Å². The van der Waals surface area contributed by atoms with Crippen molar-refractivity contribution in [3.8, 4) is 5.75 Å². The van der Waals surface area contributed by atoms with Crippen LogP contribution in [-0.4, -0.2) is 40.5 Å². The molecule has 0 aliphatic carbocycles. The molecule has 0 saturated heterocycles. The van der Waals surface area contributed by atoms with E-state index >= 15 is 0 Å². The number of benzene rings is 1. The van der Waals surface area contributed by atoms with Gasteiger partial charge in [-0.2, -0.15) is 11.8 Å². The zero-order valence-corrected chi connectivity index (χ0v) is 12.8. The molecule has 104 valence electrons. The van der Waals surface area contributed by atoms with Crippen molar-refractivity contribution in [3.63, 3.8) is 0 Å². The molecule has 0 fully saturated rings. The fraction of sp³-hybridized carbons (Fsp3) is 0.333. The smallest absolute Gasteiger partial charge is 0.269 e. The minimum absolute atomic E-state index is 0.0405. The number of nitrogens with one attached hydrogen (secondary N) is 1. The highest BCUT2D eigenvalue weighted by Crippen LogP contribution is 2.24. The average molecular weight is 347 g/mol. The number of hydrogen-bond donors (Lipinski definition) is 3. The SMILES string of the molecule is CSCCNC(=O)/C(Cc1ccc(O)c(Br)c1)=N/O. The van der Waals surface area contributed by atoms with Gasteiger partial charge in [-0.3, -0.25) is 4.79 Å². The summed E-state index contributed by atoms with van der Waals surface area (Å²) >= 11 is 4.81. The Morgan fingerprint density at radius 1 is 1.53 bits per heavy atom. The van der Waals surface area contributed by atoms with Gasteiger partial charge in [0.1, 0.15) is 11.5 Å². The Labute approximate surface area is 124 Å². The lowest BCUT2D eigenvalue weighted by molar-refractivity contribution is -0.114. The zero-order chi connectivity index (χ0) is 14.3. The highest BCUT2D eigenvalue weighted by Gasteiger charge is 2.13. The number of oxime groups is 1. The van der Waals surface area contributed by atoms with E-state index in [-0.39, 0.29) is 23.8 Å². The zero-order valence-electron chi connectivity index (χ0n) is 10.4. The molecule has 1 amide bonds. The van der Waals surface area contributed by atoms with Crippen molar-refractivity contribution in [2.45, 2.75) is 6.42 Å². The highest BCUT2D eigenvalue weighted by molar-refractivity contribution is 9.10. The second kappa shape index (κ2) is 8.06. The van der Waals surface area contributed by atoms with Gasteiger partial charge in [-0.25, -0.2) is 0 Å². The van der Waals surface area contributed by atoms with Crippen LogP contribution in [0.15, 0.2) is 27.8 Å². The van der Waals surface area contributed by atoms with Crippen molar-refractivity contribution >= 4 is 39.3 Å². The second-order valence-corrected chi connectivity index (χ2v) is 5.60. The van der Waals surface area contributed by atoms with E-state index in [1.807, 2.05) is 6.26 Å². The molecule has 0 saturated carbocycles. The molecule has 0 heterocycles. The molecule has 3 N–H and O–H groups in total. The van der Waals surface area contributed by atoms with Gasteiger partial charge in [-0.1, -0.05) is 11.2 Å².